The highest BCUT2D eigenvalue weighted by atomic mass is 79.9. The molecule has 11 heteroatoms. The molecule has 7 nitrogen and oxygen atoms in total. The summed E-state index contributed by atoms with van der Waals surface area (Å²) in [5, 5.41) is 4.85. The molecule has 5 rings (SSSR count). The number of aromatic nitrogens is 2. The number of benzene rings is 2. The normalized spacial score (nSPS) is 15.7. The predicted molar refractivity (Wildman–Crippen MR) is 157 cm³/mol. The van der Waals surface area contributed by atoms with Crippen LogP contribution in [0.1, 0.15) is 62.0 Å². The number of aryl methyl sites for hydroxylation is 1. The van der Waals surface area contributed by atoms with Crippen LogP contribution in [0.3, 0.4) is 0 Å². The number of fused-ring (bicyclic) bond motifs is 3. The molecule has 2 aromatic carbocycles. The summed E-state index contributed by atoms with van der Waals surface area (Å²) in [6.07, 6.45) is 0.201. The maximum Gasteiger partial charge on any atom is 0.410 e. The summed E-state index contributed by atoms with van der Waals surface area (Å²) >= 11 is 3.72. The Hall–Kier alpha value is -3.05. The van der Waals surface area contributed by atoms with E-state index in [4.69, 9.17) is 19.3 Å². The van der Waals surface area contributed by atoms with Gasteiger partial charge in [0.25, 0.3) is 5.92 Å². The van der Waals surface area contributed by atoms with Crippen LogP contribution in [0.15, 0.2) is 46.9 Å². The fourth-order valence-corrected chi connectivity index (χ4v) is 5.93. The van der Waals surface area contributed by atoms with Crippen LogP contribution in [0.5, 0.6) is 5.75 Å². The summed E-state index contributed by atoms with van der Waals surface area (Å²) in [7, 11) is 1.56. The third-order valence-electron chi connectivity index (χ3n) is 7.49. The summed E-state index contributed by atoms with van der Waals surface area (Å²) < 4.78 is 60.9. The lowest BCUT2D eigenvalue weighted by atomic mass is 9.93. The van der Waals surface area contributed by atoms with Gasteiger partial charge in [0.15, 0.2) is 6.10 Å². The maximum atomic E-state index is 14.3. The molecule has 0 bridgehead atoms. The number of methoxy groups -OCH3 is 1. The molecule has 42 heavy (non-hydrogen) atoms. The first-order valence-electron chi connectivity index (χ1n) is 14.2. The third-order valence-corrected chi connectivity index (χ3v) is 8.35. The minimum atomic E-state index is -3.27. The lowest BCUT2D eigenvalue weighted by molar-refractivity contribution is -0.131. The van der Waals surface area contributed by atoms with E-state index in [1.807, 2.05) is 18.5 Å². The number of carbonyl (C=O) groups is 1. The molecule has 1 saturated heterocycles. The number of rotatable bonds is 8. The number of piperidine rings is 1. The van der Waals surface area contributed by atoms with E-state index in [1.165, 1.54) is 11.0 Å². The highest BCUT2D eigenvalue weighted by Crippen LogP contribution is 2.38. The number of likely N-dealkylation sites (tertiary alicyclic amines) is 1. The molecule has 0 N–H and O–H groups in total. The number of hydrogen-bond acceptors (Lipinski definition) is 5. The number of nitrogens with zero attached hydrogens (tertiary/aromatic N) is 3. The van der Waals surface area contributed by atoms with E-state index in [0.717, 1.165) is 52.4 Å². The quantitative estimate of drug-likeness (QED) is 0.253. The summed E-state index contributed by atoms with van der Waals surface area (Å²) in [5.74, 6) is -2.77. The molecule has 1 aromatic heterocycles. The van der Waals surface area contributed by atoms with Crippen molar-refractivity contribution < 1.29 is 32.2 Å². The first kappa shape index (κ1) is 31.9. The van der Waals surface area contributed by atoms with Crippen LogP contribution in [0.4, 0.5) is 18.0 Å². The number of alkyl halides is 2. The summed E-state index contributed by atoms with van der Waals surface area (Å²) in [6.45, 7) is 5.10. The molecule has 0 aliphatic carbocycles. The molecule has 1 amide bonds. The summed E-state index contributed by atoms with van der Waals surface area (Å²) in [6, 6.07) is 11.8. The SMILES string of the molecule is CC.COc1ccc(COCC(OC(=O)N2CCC(c3nn4c(c3Br)CCc3cc(F)ccc3-4)CC2)C(C)(F)F)cc1. The fraction of sp³-hybridized carbons (Fsp3) is 0.484. The molecule has 0 radical (unpaired) electrons. The molecule has 3 aromatic rings. The Bertz CT molecular complexity index is 1350. The van der Waals surface area contributed by atoms with Crippen molar-refractivity contribution in [2.45, 2.75) is 71.0 Å². The summed E-state index contributed by atoms with van der Waals surface area (Å²) in [4.78, 5) is 14.3. The van der Waals surface area contributed by atoms with E-state index in [9.17, 15) is 18.0 Å². The van der Waals surface area contributed by atoms with Gasteiger partial charge in [0.2, 0.25) is 0 Å². The van der Waals surface area contributed by atoms with Crippen molar-refractivity contribution in [3.8, 4) is 11.4 Å². The molecular formula is C31H37BrF3N3O4. The van der Waals surface area contributed by atoms with Crippen molar-refractivity contribution in [2.75, 3.05) is 26.8 Å². The molecule has 0 saturated carbocycles. The molecule has 1 fully saturated rings. The monoisotopic (exact) mass is 651 g/mol. The Balaban J connectivity index is 0.00000198. The highest BCUT2D eigenvalue weighted by Gasteiger charge is 2.39. The molecule has 2 aliphatic heterocycles. The van der Waals surface area contributed by atoms with Crippen LogP contribution >= 0.6 is 15.9 Å². The fourth-order valence-electron chi connectivity index (χ4n) is 5.16. The van der Waals surface area contributed by atoms with Gasteiger partial charge in [0.1, 0.15) is 11.6 Å². The average molecular weight is 653 g/mol. The zero-order valence-electron chi connectivity index (χ0n) is 24.3. The number of halogens is 4. The minimum Gasteiger partial charge on any atom is -0.497 e. The molecule has 1 unspecified atom stereocenters. The van der Waals surface area contributed by atoms with Crippen LogP contribution in [0.2, 0.25) is 0 Å². The van der Waals surface area contributed by atoms with Crippen LogP contribution < -0.4 is 4.74 Å². The van der Waals surface area contributed by atoms with Gasteiger partial charge in [-0.05, 0) is 83.1 Å². The molecule has 0 spiro atoms. The first-order valence-corrected chi connectivity index (χ1v) is 15.0. The van der Waals surface area contributed by atoms with Gasteiger partial charge < -0.3 is 19.1 Å². The van der Waals surface area contributed by atoms with Crippen molar-refractivity contribution in [1.82, 2.24) is 14.7 Å². The Morgan fingerprint density at radius 1 is 1.12 bits per heavy atom. The smallest absolute Gasteiger partial charge is 0.410 e. The number of ether oxygens (including phenoxy) is 3. The van der Waals surface area contributed by atoms with E-state index in [2.05, 4.69) is 15.9 Å². The zero-order valence-corrected chi connectivity index (χ0v) is 25.9. The standard InChI is InChI=1S/C29H31BrF3N3O4.C2H6/c1-29(32,33)25(17-39-16-18-3-7-22(38-2)8-4-18)40-28(37)35-13-11-19(12-14-35)27-26(30)24-9-5-20-15-21(31)6-10-23(20)36(24)34-27;1-2/h3-4,6-8,10,15,19,25H,5,9,11-14,16-17H2,1-2H3;1-2H3. The van der Waals surface area contributed by atoms with E-state index < -0.39 is 24.7 Å². The Morgan fingerprint density at radius 3 is 2.45 bits per heavy atom. The molecule has 3 heterocycles. The number of amides is 1. The third kappa shape index (κ3) is 7.29. The van der Waals surface area contributed by atoms with Crippen LogP contribution in [0.25, 0.3) is 5.69 Å². The molecular weight excluding hydrogens is 615 g/mol. The van der Waals surface area contributed by atoms with E-state index >= 15 is 0 Å². The van der Waals surface area contributed by atoms with Gasteiger partial charge in [-0.1, -0.05) is 26.0 Å². The highest BCUT2D eigenvalue weighted by molar-refractivity contribution is 9.10. The zero-order chi connectivity index (χ0) is 30.4. The van der Waals surface area contributed by atoms with E-state index in [0.29, 0.717) is 31.7 Å². The topological polar surface area (TPSA) is 65.8 Å². The predicted octanol–water partition coefficient (Wildman–Crippen LogP) is 7.46. The molecule has 228 valence electrons. The summed E-state index contributed by atoms with van der Waals surface area (Å²) in [5.41, 5.74) is 4.51. The van der Waals surface area contributed by atoms with Crippen molar-refractivity contribution in [2.24, 2.45) is 0 Å². The van der Waals surface area contributed by atoms with Crippen LogP contribution in [0, 0.1) is 5.82 Å². The van der Waals surface area contributed by atoms with Crippen molar-refractivity contribution in [3.05, 3.63) is 75.3 Å². The average Bonchev–Trinajstić information content (AvgIpc) is 3.33. The van der Waals surface area contributed by atoms with Crippen molar-refractivity contribution in [1.29, 1.82) is 0 Å². The lowest BCUT2D eigenvalue weighted by Crippen LogP contribution is -2.45. The van der Waals surface area contributed by atoms with E-state index in [-0.39, 0.29) is 18.3 Å². The van der Waals surface area contributed by atoms with Gasteiger partial charge in [-0.2, -0.15) is 5.10 Å². The minimum absolute atomic E-state index is 0.0802. The molecule has 1 atom stereocenters. The Labute approximate surface area is 253 Å². The number of carbonyl (C=O) groups excluding carboxylic acids is 1. The number of hydrogen-bond donors (Lipinski definition) is 0. The van der Waals surface area contributed by atoms with Crippen LogP contribution in [-0.2, 0) is 28.9 Å². The second-order valence-electron chi connectivity index (χ2n) is 10.3. The van der Waals surface area contributed by atoms with E-state index in [1.54, 1.807) is 43.5 Å². The van der Waals surface area contributed by atoms with Gasteiger partial charge in [-0.15, -0.1) is 0 Å². The maximum absolute atomic E-state index is 14.3. The van der Waals surface area contributed by atoms with Gasteiger partial charge in [0, 0.05) is 25.9 Å². The van der Waals surface area contributed by atoms with Gasteiger partial charge in [0.05, 0.1) is 41.9 Å². The largest absolute Gasteiger partial charge is 0.497 e. The van der Waals surface area contributed by atoms with Crippen molar-refractivity contribution >= 4 is 22.0 Å². The van der Waals surface area contributed by atoms with Gasteiger partial charge in [-0.25, -0.2) is 22.6 Å². The van der Waals surface area contributed by atoms with Crippen molar-refractivity contribution in [3.63, 3.8) is 0 Å². The van der Waals surface area contributed by atoms with Gasteiger partial charge >= 0.3 is 6.09 Å². The van der Waals surface area contributed by atoms with Crippen LogP contribution in [-0.4, -0.2) is 59.6 Å². The van der Waals surface area contributed by atoms with Gasteiger partial charge in [-0.3, -0.25) is 0 Å². The molecule has 2 aliphatic rings. The first-order chi connectivity index (χ1) is 20.1. The Morgan fingerprint density at radius 2 is 1.81 bits per heavy atom. The lowest BCUT2D eigenvalue weighted by Gasteiger charge is -2.33. The Kier molecular flexibility index (Phi) is 10.6. The second-order valence-corrected chi connectivity index (χ2v) is 11.1. The second kappa shape index (κ2) is 13.9.